The highest BCUT2D eigenvalue weighted by atomic mass is 35.5. The van der Waals surface area contributed by atoms with E-state index >= 15 is 0 Å². The van der Waals surface area contributed by atoms with E-state index in [1.54, 1.807) is 0 Å². The Morgan fingerprint density at radius 1 is 1.50 bits per heavy atom. The van der Waals surface area contributed by atoms with Gasteiger partial charge < -0.3 is 15.4 Å². The lowest BCUT2D eigenvalue weighted by molar-refractivity contribution is -0.137. The Balaban J connectivity index is 0.00000162. The van der Waals surface area contributed by atoms with Crippen LogP contribution in [0.3, 0.4) is 0 Å². The van der Waals surface area contributed by atoms with Crippen molar-refractivity contribution in [3.8, 4) is 0 Å². The highest BCUT2D eigenvalue weighted by Gasteiger charge is 2.47. The number of amides is 1. The summed E-state index contributed by atoms with van der Waals surface area (Å²) in [5, 5.41) is 0. The SMILES string of the molecule is CCOC1CC1C(=O)N1CCC(N)C(C)(C)C1.Cl. The smallest absolute Gasteiger partial charge is 0.228 e. The highest BCUT2D eigenvalue weighted by Crippen LogP contribution is 2.37. The monoisotopic (exact) mass is 276 g/mol. The van der Waals surface area contributed by atoms with Gasteiger partial charge in [0.05, 0.1) is 12.0 Å². The van der Waals surface area contributed by atoms with Gasteiger partial charge in [-0.2, -0.15) is 0 Å². The minimum atomic E-state index is 0. The van der Waals surface area contributed by atoms with Crippen molar-refractivity contribution >= 4 is 18.3 Å². The van der Waals surface area contributed by atoms with E-state index in [0.29, 0.717) is 6.61 Å². The van der Waals surface area contributed by atoms with Crippen LogP contribution in [0.4, 0.5) is 0 Å². The van der Waals surface area contributed by atoms with Gasteiger partial charge in [0.1, 0.15) is 0 Å². The van der Waals surface area contributed by atoms with Crippen molar-refractivity contribution in [2.45, 2.75) is 45.8 Å². The fraction of sp³-hybridized carbons (Fsp3) is 0.923. The molecule has 1 saturated heterocycles. The molecule has 2 N–H and O–H groups in total. The predicted molar refractivity (Wildman–Crippen MR) is 73.7 cm³/mol. The molecular weight excluding hydrogens is 252 g/mol. The van der Waals surface area contributed by atoms with Crippen molar-refractivity contribution in [1.29, 1.82) is 0 Å². The number of likely N-dealkylation sites (tertiary alicyclic amines) is 1. The van der Waals surface area contributed by atoms with Gasteiger partial charge in [-0.3, -0.25) is 4.79 Å². The van der Waals surface area contributed by atoms with Crippen LogP contribution in [0.5, 0.6) is 0 Å². The van der Waals surface area contributed by atoms with Crippen LogP contribution in [0.25, 0.3) is 0 Å². The van der Waals surface area contributed by atoms with E-state index in [2.05, 4.69) is 13.8 Å². The molecule has 1 aliphatic carbocycles. The van der Waals surface area contributed by atoms with Crippen molar-refractivity contribution in [1.82, 2.24) is 4.90 Å². The van der Waals surface area contributed by atoms with E-state index in [4.69, 9.17) is 10.5 Å². The van der Waals surface area contributed by atoms with Crippen LogP contribution < -0.4 is 5.73 Å². The van der Waals surface area contributed by atoms with E-state index in [0.717, 1.165) is 25.9 Å². The summed E-state index contributed by atoms with van der Waals surface area (Å²) in [6.07, 6.45) is 1.98. The molecule has 0 aromatic carbocycles. The molecule has 1 aliphatic heterocycles. The number of ether oxygens (including phenoxy) is 1. The van der Waals surface area contributed by atoms with Crippen molar-refractivity contribution in [3.05, 3.63) is 0 Å². The van der Waals surface area contributed by atoms with Crippen LogP contribution in [0.15, 0.2) is 0 Å². The maximum atomic E-state index is 12.2. The molecule has 0 radical (unpaired) electrons. The molecule has 1 amide bonds. The molecule has 3 unspecified atom stereocenters. The van der Waals surface area contributed by atoms with Gasteiger partial charge >= 0.3 is 0 Å². The first kappa shape index (κ1) is 15.7. The van der Waals surface area contributed by atoms with Crippen molar-refractivity contribution < 1.29 is 9.53 Å². The van der Waals surface area contributed by atoms with Crippen molar-refractivity contribution in [3.63, 3.8) is 0 Å². The number of rotatable bonds is 3. The third-order valence-electron chi connectivity index (χ3n) is 4.05. The Labute approximate surface area is 116 Å². The molecule has 1 heterocycles. The standard InChI is InChI=1S/C13H24N2O2.ClH/c1-4-17-10-7-9(10)12(16)15-6-5-11(14)13(2,3)8-15;/h9-11H,4-8,14H2,1-3H3;1H. The molecule has 0 aromatic rings. The van der Waals surface area contributed by atoms with Crippen LogP contribution in [0.2, 0.25) is 0 Å². The van der Waals surface area contributed by atoms with E-state index in [9.17, 15) is 4.79 Å². The lowest BCUT2D eigenvalue weighted by Crippen LogP contribution is -2.54. The first-order chi connectivity index (χ1) is 7.95. The Morgan fingerprint density at radius 2 is 2.17 bits per heavy atom. The Morgan fingerprint density at radius 3 is 2.72 bits per heavy atom. The lowest BCUT2D eigenvalue weighted by Gasteiger charge is -2.42. The molecular formula is C13H25ClN2O2. The molecule has 2 aliphatic rings. The summed E-state index contributed by atoms with van der Waals surface area (Å²) in [5.41, 5.74) is 6.11. The van der Waals surface area contributed by atoms with E-state index < -0.39 is 0 Å². The van der Waals surface area contributed by atoms with Crippen LogP contribution in [-0.4, -0.2) is 42.6 Å². The number of halogens is 1. The minimum absolute atomic E-state index is 0. The molecule has 4 nitrogen and oxygen atoms in total. The largest absolute Gasteiger partial charge is 0.378 e. The molecule has 2 rings (SSSR count). The highest BCUT2D eigenvalue weighted by molar-refractivity contribution is 5.85. The molecule has 106 valence electrons. The van der Waals surface area contributed by atoms with Crippen LogP contribution >= 0.6 is 12.4 Å². The van der Waals surface area contributed by atoms with Gasteiger partial charge in [0, 0.05) is 25.7 Å². The lowest BCUT2D eigenvalue weighted by atomic mass is 9.79. The predicted octanol–water partition coefficient (Wildman–Crippen LogP) is 1.42. The number of hydrogen-bond donors (Lipinski definition) is 1. The second-order valence-electron chi connectivity index (χ2n) is 5.98. The quantitative estimate of drug-likeness (QED) is 0.848. The Hall–Kier alpha value is -0.320. The number of piperidine rings is 1. The third-order valence-corrected chi connectivity index (χ3v) is 4.05. The fourth-order valence-electron chi connectivity index (χ4n) is 2.63. The molecule has 0 spiro atoms. The summed E-state index contributed by atoms with van der Waals surface area (Å²) < 4.78 is 5.48. The molecule has 1 saturated carbocycles. The van der Waals surface area contributed by atoms with Gasteiger partial charge in [-0.15, -0.1) is 12.4 Å². The zero-order valence-corrected chi connectivity index (χ0v) is 12.3. The van der Waals surface area contributed by atoms with E-state index in [1.807, 2.05) is 11.8 Å². The molecule has 2 fully saturated rings. The van der Waals surface area contributed by atoms with Gasteiger partial charge in [0.15, 0.2) is 0 Å². The summed E-state index contributed by atoms with van der Waals surface area (Å²) in [6, 6.07) is 0.202. The number of nitrogens with two attached hydrogens (primary N) is 1. The van der Waals surface area contributed by atoms with E-state index in [1.165, 1.54) is 0 Å². The normalized spacial score (nSPS) is 33.8. The van der Waals surface area contributed by atoms with Crippen LogP contribution in [0.1, 0.15) is 33.6 Å². The second-order valence-corrected chi connectivity index (χ2v) is 5.98. The zero-order valence-electron chi connectivity index (χ0n) is 11.5. The van der Waals surface area contributed by atoms with Crippen LogP contribution in [-0.2, 0) is 9.53 Å². The Bertz CT molecular complexity index is 309. The molecule has 0 bridgehead atoms. The minimum Gasteiger partial charge on any atom is -0.378 e. The molecule has 5 heteroatoms. The summed E-state index contributed by atoms with van der Waals surface area (Å²) in [4.78, 5) is 14.2. The number of carbonyl (C=O) groups is 1. The van der Waals surface area contributed by atoms with Gasteiger partial charge in [0.25, 0.3) is 0 Å². The average Bonchev–Trinajstić information content (AvgIpc) is 3.01. The van der Waals surface area contributed by atoms with Gasteiger partial charge in [-0.05, 0) is 25.2 Å². The number of carbonyl (C=O) groups excluding carboxylic acids is 1. The van der Waals surface area contributed by atoms with E-state index in [-0.39, 0.29) is 41.8 Å². The molecule has 18 heavy (non-hydrogen) atoms. The number of nitrogens with zero attached hydrogens (tertiary/aromatic N) is 1. The summed E-state index contributed by atoms with van der Waals surface area (Å²) in [5.74, 6) is 0.378. The summed E-state index contributed by atoms with van der Waals surface area (Å²) in [6.45, 7) is 8.54. The summed E-state index contributed by atoms with van der Waals surface area (Å²) >= 11 is 0. The maximum Gasteiger partial charge on any atom is 0.228 e. The van der Waals surface area contributed by atoms with Crippen molar-refractivity contribution in [2.24, 2.45) is 17.1 Å². The first-order valence-electron chi connectivity index (χ1n) is 6.61. The van der Waals surface area contributed by atoms with Gasteiger partial charge in [-0.25, -0.2) is 0 Å². The second kappa shape index (κ2) is 5.76. The van der Waals surface area contributed by atoms with Gasteiger partial charge in [-0.1, -0.05) is 13.8 Å². The average molecular weight is 277 g/mol. The van der Waals surface area contributed by atoms with Gasteiger partial charge in [0.2, 0.25) is 5.91 Å². The Kier molecular flexibility index (Phi) is 5.04. The molecule has 3 atom stereocenters. The van der Waals surface area contributed by atoms with Crippen LogP contribution in [0, 0.1) is 11.3 Å². The topological polar surface area (TPSA) is 55.6 Å². The zero-order chi connectivity index (χ0) is 12.6. The maximum absolute atomic E-state index is 12.2. The fourth-order valence-corrected chi connectivity index (χ4v) is 2.63. The number of hydrogen-bond acceptors (Lipinski definition) is 3. The third kappa shape index (κ3) is 3.16. The summed E-state index contributed by atoms with van der Waals surface area (Å²) in [7, 11) is 0. The molecule has 0 aromatic heterocycles. The first-order valence-corrected chi connectivity index (χ1v) is 6.61. The van der Waals surface area contributed by atoms with Crippen molar-refractivity contribution in [2.75, 3.05) is 19.7 Å².